The molecule has 0 aliphatic heterocycles. The molecule has 0 radical (unpaired) electrons. The Morgan fingerprint density at radius 1 is 1.44 bits per heavy atom. The Labute approximate surface area is 95.6 Å². The summed E-state index contributed by atoms with van der Waals surface area (Å²) in [6.07, 6.45) is 12.2. The Hall–Kier alpha value is -1.55. The van der Waals surface area contributed by atoms with Crippen LogP contribution in [-0.2, 0) is 4.74 Å². The molecule has 1 aliphatic carbocycles. The van der Waals surface area contributed by atoms with Crippen molar-refractivity contribution in [3.8, 4) is 0 Å². The summed E-state index contributed by atoms with van der Waals surface area (Å²) in [5.41, 5.74) is 12.0. The standard InChI is InChI=1S/C12H18N2O2/c13-11(9-16-12(14)15)8-10-6-4-2-1-3-5-7-10/h1-4,6,11H,5,7-9,13H2,(H2,14,15). The van der Waals surface area contributed by atoms with Crippen LogP contribution in [0.25, 0.3) is 0 Å². The molecule has 4 N–H and O–H groups in total. The van der Waals surface area contributed by atoms with Gasteiger partial charge in [0.05, 0.1) is 0 Å². The van der Waals surface area contributed by atoms with Gasteiger partial charge < -0.3 is 16.2 Å². The maximum atomic E-state index is 10.4. The zero-order chi connectivity index (χ0) is 11.8. The number of primary amides is 1. The summed E-state index contributed by atoms with van der Waals surface area (Å²) < 4.78 is 4.66. The van der Waals surface area contributed by atoms with Crippen LogP contribution in [0.2, 0.25) is 0 Å². The number of hydrogen-bond acceptors (Lipinski definition) is 3. The Morgan fingerprint density at radius 2 is 2.25 bits per heavy atom. The van der Waals surface area contributed by atoms with E-state index in [4.69, 9.17) is 11.5 Å². The van der Waals surface area contributed by atoms with Crippen LogP contribution in [0.1, 0.15) is 19.3 Å². The molecule has 0 aromatic carbocycles. The number of hydrogen-bond donors (Lipinski definition) is 2. The molecule has 0 saturated heterocycles. The summed E-state index contributed by atoms with van der Waals surface area (Å²) in [5, 5.41) is 0. The summed E-state index contributed by atoms with van der Waals surface area (Å²) in [6, 6.07) is -0.185. The largest absolute Gasteiger partial charge is 0.448 e. The maximum Gasteiger partial charge on any atom is 0.404 e. The summed E-state index contributed by atoms with van der Waals surface area (Å²) in [5.74, 6) is 0. The van der Waals surface area contributed by atoms with E-state index in [0.717, 1.165) is 19.3 Å². The Morgan fingerprint density at radius 3 is 3.00 bits per heavy atom. The normalized spacial score (nSPS) is 17.2. The molecule has 0 spiro atoms. The number of amides is 1. The molecule has 0 saturated carbocycles. The van der Waals surface area contributed by atoms with Crippen molar-refractivity contribution in [3.05, 3.63) is 36.0 Å². The second-order valence-electron chi connectivity index (χ2n) is 3.77. The van der Waals surface area contributed by atoms with Gasteiger partial charge >= 0.3 is 6.09 Å². The number of carbonyl (C=O) groups is 1. The quantitative estimate of drug-likeness (QED) is 0.758. The van der Waals surface area contributed by atoms with Gasteiger partial charge in [-0.3, -0.25) is 0 Å². The van der Waals surface area contributed by atoms with Gasteiger partial charge in [0.25, 0.3) is 0 Å². The molecule has 0 aromatic rings. The summed E-state index contributed by atoms with van der Waals surface area (Å²) in [4.78, 5) is 10.4. The van der Waals surface area contributed by atoms with Crippen molar-refractivity contribution in [2.24, 2.45) is 11.5 Å². The molecule has 16 heavy (non-hydrogen) atoms. The number of nitrogens with two attached hydrogens (primary N) is 2. The van der Waals surface area contributed by atoms with Crippen molar-refractivity contribution in [2.45, 2.75) is 25.3 Å². The molecule has 1 unspecified atom stereocenters. The molecule has 0 fully saturated rings. The predicted octanol–water partition coefficient (Wildman–Crippen LogP) is 1.63. The zero-order valence-electron chi connectivity index (χ0n) is 9.26. The Bertz CT molecular complexity index is 319. The molecule has 4 heteroatoms. The highest BCUT2D eigenvalue weighted by Gasteiger charge is 2.08. The molecule has 0 heterocycles. The zero-order valence-corrected chi connectivity index (χ0v) is 9.26. The summed E-state index contributed by atoms with van der Waals surface area (Å²) >= 11 is 0. The van der Waals surface area contributed by atoms with Gasteiger partial charge in [0.1, 0.15) is 6.61 Å². The molecule has 88 valence electrons. The van der Waals surface area contributed by atoms with Gasteiger partial charge in [0.15, 0.2) is 0 Å². The van der Waals surface area contributed by atoms with Crippen molar-refractivity contribution < 1.29 is 9.53 Å². The average Bonchev–Trinajstić information content (AvgIpc) is 2.19. The molecular weight excluding hydrogens is 204 g/mol. The number of carbonyl (C=O) groups excluding carboxylic acids is 1. The molecule has 0 bridgehead atoms. The second kappa shape index (κ2) is 6.85. The lowest BCUT2D eigenvalue weighted by Gasteiger charge is -2.13. The lowest BCUT2D eigenvalue weighted by atomic mass is 10.0. The fourth-order valence-electron chi connectivity index (χ4n) is 1.54. The van der Waals surface area contributed by atoms with E-state index in [1.54, 1.807) is 0 Å². The van der Waals surface area contributed by atoms with Gasteiger partial charge in [0.2, 0.25) is 0 Å². The fourth-order valence-corrected chi connectivity index (χ4v) is 1.54. The third kappa shape index (κ3) is 5.36. The number of rotatable bonds is 4. The maximum absolute atomic E-state index is 10.4. The molecule has 1 atom stereocenters. The third-order valence-electron chi connectivity index (χ3n) is 2.29. The van der Waals surface area contributed by atoms with Gasteiger partial charge in [0, 0.05) is 6.04 Å². The van der Waals surface area contributed by atoms with Crippen LogP contribution in [0.4, 0.5) is 4.79 Å². The highest BCUT2D eigenvalue weighted by molar-refractivity contribution is 5.64. The predicted molar refractivity (Wildman–Crippen MR) is 63.7 cm³/mol. The van der Waals surface area contributed by atoms with Crippen molar-refractivity contribution in [1.82, 2.24) is 0 Å². The van der Waals surface area contributed by atoms with Gasteiger partial charge in [-0.2, -0.15) is 0 Å². The fraction of sp³-hybridized carbons (Fsp3) is 0.417. The number of ether oxygens (including phenoxy) is 1. The van der Waals surface area contributed by atoms with Gasteiger partial charge in [-0.15, -0.1) is 0 Å². The Kier molecular flexibility index (Phi) is 5.36. The third-order valence-corrected chi connectivity index (χ3v) is 2.29. The van der Waals surface area contributed by atoms with E-state index in [2.05, 4.69) is 16.9 Å². The minimum atomic E-state index is -0.773. The van der Waals surface area contributed by atoms with E-state index in [1.165, 1.54) is 5.57 Å². The van der Waals surface area contributed by atoms with Crippen molar-refractivity contribution in [1.29, 1.82) is 0 Å². The molecule has 1 amide bonds. The highest BCUT2D eigenvalue weighted by atomic mass is 16.5. The van der Waals surface area contributed by atoms with Crippen LogP contribution in [0, 0.1) is 0 Å². The van der Waals surface area contributed by atoms with Crippen LogP contribution < -0.4 is 11.5 Å². The summed E-state index contributed by atoms with van der Waals surface area (Å²) in [6.45, 7) is 0.173. The van der Waals surface area contributed by atoms with E-state index < -0.39 is 6.09 Å². The summed E-state index contributed by atoms with van der Waals surface area (Å²) in [7, 11) is 0. The van der Waals surface area contributed by atoms with E-state index in [1.807, 2.05) is 18.2 Å². The van der Waals surface area contributed by atoms with Crippen LogP contribution in [-0.4, -0.2) is 18.7 Å². The first kappa shape index (κ1) is 12.5. The van der Waals surface area contributed by atoms with Crippen LogP contribution in [0.3, 0.4) is 0 Å². The van der Waals surface area contributed by atoms with Crippen molar-refractivity contribution in [2.75, 3.05) is 6.61 Å². The molecule has 1 aliphatic rings. The monoisotopic (exact) mass is 222 g/mol. The minimum Gasteiger partial charge on any atom is -0.448 e. The van der Waals surface area contributed by atoms with Gasteiger partial charge in [-0.25, -0.2) is 4.79 Å². The van der Waals surface area contributed by atoms with E-state index in [-0.39, 0.29) is 12.6 Å². The molecule has 4 nitrogen and oxygen atoms in total. The van der Waals surface area contributed by atoms with Crippen LogP contribution in [0.15, 0.2) is 36.0 Å². The van der Waals surface area contributed by atoms with Gasteiger partial charge in [-0.1, -0.05) is 36.0 Å². The highest BCUT2D eigenvalue weighted by Crippen LogP contribution is 2.14. The first-order chi connectivity index (χ1) is 7.68. The molecule has 0 aromatic heterocycles. The van der Waals surface area contributed by atoms with E-state index in [0.29, 0.717) is 0 Å². The SMILES string of the molecule is NC(=O)OCC(N)CC1=CC=CC=CCC1. The first-order valence-corrected chi connectivity index (χ1v) is 5.37. The second-order valence-corrected chi connectivity index (χ2v) is 3.77. The average molecular weight is 222 g/mol. The molecular formula is C12H18N2O2. The van der Waals surface area contributed by atoms with Crippen LogP contribution >= 0.6 is 0 Å². The van der Waals surface area contributed by atoms with Gasteiger partial charge in [-0.05, 0) is 19.3 Å². The molecule has 1 rings (SSSR count). The van der Waals surface area contributed by atoms with Crippen molar-refractivity contribution >= 4 is 6.09 Å². The Balaban J connectivity index is 2.37. The minimum absolute atomic E-state index is 0.173. The van der Waals surface area contributed by atoms with E-state index in [9.17, 15) is 4.79 Å². The lowest BCUT2D eigenvalue weighted by Crippen LogP contribution is -2.29. The number of allylic oxidation sites excluding steroid dienone is 5. The van der Waals surface area contributed by atoms with Crippen LogP contribution in [0.5, 0.6) is 0 Å². The smallest absolute Gasteiger partial charge is 0.404 e. The topological polar surface area (TPSA) is 78.3 Å². The van der Waals surface area contributed by atoms with E-state index >= 15 is 0 Å². The first-order valence-electron chi connectivity index (χ1n) is 5.37. The van der Waals surface area contributed by atoms with Crippen molar-refractivity contribution in [3.63, 3.8) is 0 Å². The lowest BCUT2D eigenvalue weighted by molar-refractivity contribution is 0.149.